The Labute approximate surface area is 142 Å². The van der Waals surface area contributed by atoms with Crippen LogP contribution in [0.4, 0.5) is 9.18 Å². The van der Waals surface area contributed by atoms with Gasteiger partial charge in [-0.25, -0.2) is 9.18 Å². The maximum absolute atomic E-state index is 14.5. The molecule has 2 aromatic rings. The number of hydrogen-bond acceptors (Lipinski definition) is 3. The van der Waals surface area contributed by atoms with E-state index in [1.165, 1.54) is 4.90 Å². The van der Waals surface area contributed by atoms with Crippen molar-refractivity contribution in [3.63, 3.8) is 0 Å². The number of carbonyl (C=O) groups is 1. The molecule has 1 aliphatic rings. The van der Waals surface area contributed by atoms with Crippen LogP contribution < -0.4 is 0 Å². The standard InChI is InChI=1S/C16H19BrFN3O2/c1-16(2,3)23-15(22)20-8-11(18)13(9-20)21-12-7-5-4-6-10(12)14(17)19-21/h4-7,11,13H,8-9H2,1-3H3/t11-,13-/m0/s1. The molecule has 0 aliphatic carbocycles. The molecule has 2 atom stereocenters. The SMILES string of the molecule is CC(C)(C)OC(=O)N1C[C@H](F)[C@@H](n2nc(Br)c3ccccc32)C1. The first kappa shape index (κ1) is 16.2. The van der Waals surface area contributed by atoms with E-state index in [0.29, 0.717) is 4.60 Å². The van der Waals surface area contributed by atoms with Gasteiger partial charge in [-0.2, -0.15) is 5.10 Å². The summed E-state index contributed by atoms with van der Waals surface area (Å²) in [6.07, 6.45) is -1.67. The van der Waals surface area contributed by atoms with Crippen LogP contribution >= 0.6 is 15.9 Å². The van der Waals surface area contributed by atoms with Crippen molar-refractivity contribution in [3.05, 3.63) is 28.9 Å². The van der Waals surface area contributed by atoms with Crippen molar-refractivity contribution < 1.29 is 13.9 Å². The molecule has 7 heteroatoms. The van der Waals surface area contributed by atoms with Gasteiger partial charge >= 0.3 is 6.09 Å². The Kier molecular flexibility index (Phi) is 4.08. The lowest BCUT2D eigenvalue weighted by Crippen LogP contribution is -2.35. The van der Waals surface area contributed by atoms with Crippen LogP contribution in [-0.4, -0.2) is 45.6 Å². The van der Waals surface area contributed by atoms with Crippen molar-refractivity contribution in [3.8, 4) is 0 Å². The Balaban J connectivity index is 1.85. The number of carbonyl (C=O) groups excluding carboxylic acids is 1. The maximum Gasteiger partial charge on any atom is 0.410 e. The second kappa shape index (κ2) is 5.78. The van der Waals surface area contributed by atoms with Crippen LogP contribution in [0.5, 0.6) is 0 Å². The zero-order valence-electron chi connectivity index (χ0n) is 13.3. The van der Waals surface area contributed by atoms with E-state index in [-0.39, 0.29) is 13.1 Å². The van der Waals surface area contributed by atoms with Crippen molar-refractivity contribution in [2.45, 2.75) is 38.6 Å². The Morgan fingerprint density at radius 2 is 2.04 bits per heavy atom. The number of amides is 1. The Hall–Kier alpha value is -1.63. The second-order valence-electron chi connectivity index (χ2n) is 6.72. The van der Waals surface area contributed by atoms with Crippen LogP contribution in [-0.2, 0) is 4.74 Å². The number of para-hydroxylation sites is 1. The molecule has 0 bridgehead atoms. The molecule has 124 valence electrons. The van der Waals surface area contributed by atoms with E-state index in [9.17, 15) is 9.18 Å². The van der Waals surface area contributed by atoms with E-state index in [1.54, 1.807) is 25.5 Å². The van der Waals surface area contributed by atoms with E-state index >= 15 is 0 Å². The largest absolute Gasteiger partial charge is 0.444 e. The number of nitrogens with zero attached hydrogens (tertiary/aromatic N) is 3. The molecular formula is C16H19BrFN3O2. The van der Waals surface area contributed by atoms with Gasteiger partial charge in [0.25, 0.3) is 0 Å². The minimum absolute atomic E-state index is 0.0192. The van der Waals surface area contributed by atoms with E-state index in [4.69, 9.17) is 4.74 Å². The van der Waals surface area contributed by atoms with Gasteiger partial charge < -0.3 is 9.64 Å². The number of halogens is 2. The molecule has 3 rings (SSSR count). The molecule has 1 amide bonds. The van der Waals surface area contributed by atoms with Gasteiger partial charge in [0, 0.05) is 11.9 Å². The molecular weight excluding hydrogens is 365 g/mol. The first-order valence-corrected chi connectivity index (χ1v) is 8.30. The summed E-state index contributed by atoms with van der Waals surface area (Å²) in [6.45, 7) is 5.65. The van der Waals surface area contributed by atoms with Crippen LogP contribution in [0.1, 0.15) is 26.8 Å². The van der Waals surface area contributed by atoms with Gasteiger partial charge in [0.15, 0.2) is 0 Å². The van der Waals surface area contributed by atoms with E-state index in [1.807, 2.05) is 24.3 Å². The molecule has 0 N–H and O–H groups in total. The molecule has 0 radical (unpaired) electrons. The summed E-state index contributed by atoms with van der Waals surface area (Å²) in [5.74, 6) is 0. The molecule has 23 heavy (non-hydrogen) atoms. The summed E-state index contributed by atoms with van der Waals surface area (Å²) in [5, 5.41) is 5.33. The van der Waals surface area contributed by atoms with Gasteiger partial charge in [-0.3, -0.25) is 4.68 Å². The molecule has 1 saturated heterocycles. The van der Waals surface area contributed by atoms with Crippen molar-refractivity contribution >= 4 is 32.9 Å². The van der Waals surface area contributed by atoms with E-state index in [2.05, 4.69) is 21.0 Å². The molecule has 0 saturated carbocycles. The third-order valence-electron chi connectivity index (χ3n) is 3.75. The third kappa shape index (κ3) is 3.20. The van der Waals surface area contributed by atoms with Gasteiger partial charge in [-0.15, -0.1) is 0 Å². The lowest BCUT2D eigenvalue weighted by molar-refractivity contribution is 0.0281. The molecule has 5 nitrogen and oxygen atoms in total. The van der Waals surface area contributed by atoms with Crippen molar-refractivity contribution in [1.82, 2.24) is 14.7 Å². The molecule has 1 fully saturated rings. The van der Waals surface area contributed by atoms with Gasteiger partial charge in [-0.1, -0.05) is 18.2 Å². The van der Waals surface area contributed by atoms with E-state index in [0.717, 1.165) is 10.9 Å². The predicted octanol–water partition coefficient (Wildman–Crippen LogP) is 3.93. The molecule has 2 heterocycles. The minimum atomic E-state index is -1.18. The number of hydrogen-bond donors (Lipinski definition) is 0. The smallest absolute Gasteiger partial charge is 0.410 e. The number of ether oxygens (including phenoxy) is 1. The van der Waals surface area contributed by atoms with Gasteiger partial charge in [-0.05, 0) is 42.8 Å². The zero-order valence-corrected chi connectivity index (χ0v) is 14.9. The topological polar surface area (TPSA) is 47.4 Å². The summed E-state index contributed by atoms with van der Waals surface area (Å²) < 4.78 is 22.2. The fourth-order valence-corrected chi connectivity index (χ4v) is 3.26. The summed E-state index contributed by atoms with van der Waals surface area (Å²) >= 11 is 3.41. The number of rotatable bonds is 1. The maximum atomic E-state index is 14.5. The highest BCUT2D eigenvalue weighted by Crippen LogP contribution is 2.31. The summed E-state index contributed by atoms with van der Waals surface area (Å²) in [5.41, 5.74) is 0.251. The van der Waals surface area contributed by atoms with Crippen LogP contribution in [0.3, 0.4) is 0 Å². The Morgan fingerprint density at radius 3 is 2.74 bits per heavy atom. The molecule has 1 aromatic heterocycles. The van der Waals surface area contributed by atoms with Gasteiger partial charge in [0.2, 0.25) is 0 Å². The first-order valence-electron chi connectivity index (χ1n) is 7.51. The zero-order chi connectivity index (χ0) is 16.8. The highest BCUT2D eigenvalue weighted by molar-refractivity contribution is 9.10. The normalized spacial score (nSPS) is 21.9. The quantitative estimate of drug-likeness (QED) is 0.749. The monoisotopic (exact) mass is 383 g/mol. The summed E-state index contributed by atoms with van der Waals surface area (Å²) in [7, 11) is 0. The van der Waals surface area contributed by atoms with Crippen molar-refractivity contribution in [2.75, 3.05) is 13.1 Å². The predicted molar refractivity (Wildman–Crippen MR) is 89.2 cm³/mol. The fraction of sp³-hybridized carbons (Fsp3) is 0.500. The lowest BCUT2D eigenvalue weighted by Gasteiger charge is -2.24. The van der Waals surface area contributed by atoms with Crippen LogP contribution in [0.15, 0.2) is 28.9 Å². The number of likely N-dealkylation sites (tertiary alicyclic amines) is 1. The fourth-order valence-electron chi connectivity index (χ4n) is 2.76. The lowest BCUT2D eigenvalue weighted by atomic mass is 10.2. The molecule has 0 spiro atoms. The summed E-state index contributed by atoms with van der Waals surface area (Å²) in [4.78, 5) is 13.6. The summed E-state index contributed by atoms with van der Waals surface area (Å²) in [6, 6.07) is 7.11. The average molecular weight is 384 g/mol. The van der Waals surface area contributed by atoms with E-state index < -0.39 is 23.9 Å². The number of alkyl halides is 1. The average Bonchev–Trinajstić information content (AvgIpc) is 2.99. The molecule has 1 aliphatic heterocycles. The number of aromatic nitrogens is 2. The van der Waals surface area contributed by atoms with Crippen molar-refractivity contribution in [1.29, 1.82) is 0 Å². The Morgan fingerprint density at radius 1 is 1.35 bits per heavy atom. The first-order chi connectivity index (χ1) is 10.8. The Bertz CT molecular complexity index is 740. The highest BCUT2D eigenvalue weighted by atomic mass is 79.9. The molecule has 0 unspecified atom stereocenters. The highest BCUT2D eigenvalue weighted by Gasteiger charge is 2.39. The number of benzene rings is 1. The van der Waals surface area contributed by atoms with Crippen molar-refractivity contribution in [2.24, 2.45) is 0 Å². The third-order valence-corrected chi connectivity index (χ3v) is 4.34. The number of fused-ring (bicyclic) bond motifs is 1. The van der Waals surface area contributed by atoms with Crippen LogP contribution in [0.25, 0.3) is 10.9 Å². The van der Waals surface area contributed by atoms with Crippen LogP contribution in [0.2, 0.25) is 0 Å². The van der Waals surface area contributed by atoms with Gasteiger partial charge in [0.1, 0.15) is 22.4 Å². The van der Waals surface area contributed by atoms with Crippen LogP contribution in [0, 0.1) is 0 Å². The molecule has 1 aromatic carbocycles. The second-order valence-corrected chi connectivity index (χ2v) is 7.47. The van der Waals surface area contributed by atoms with Gasteiger partial charge in [0.05, 0.1) is 12.1 Å². The minimum Gasteiger partial charge on any atom is -0.444 e.